The van der Waals surface area contributed by atoms with E-state index in [1.807, 2.05) is 35.2 Å². The number of hydrogen-bond acceptors (Lipinski definition) is 4. The summed E-state index contributed by atoms with van der Waals surface area (Å²) in [5.74, 6) is 0.476. The van der Waals surface area contributed by atoms with E-state index in [2.05, 4.69) is 16.7 Å². The zero-order valence-corrected chi connectivity index (χ0v) is 18.4. The van der Waals surface area contributed by atoms with Crippen molar-refractivity contribution in [2.45, 2.75) is 37.2 Å². The summed E-state index contributed by atoms with van der Waals surface area (Å²) in [5, 5.41) is 0. The SMILES string of the molecule is Cc1ccc(C(=O)N2CCC3CCN(C)CC32)cc1S(=O)(=O)NCc1ccccc1. The fourth-order valence-electron chi connectivity index (χ4n) is 4.59. The predicted octanol–water partition coefficient (Wildman–Crippen LogP) is 2.64. The zero-order chi connectivity index (χ0) is 21.3. The molecule has 160 valence electrons. The summed E-state index contributed by atoms with van der Waals surface area (Å²) in [6, 6.07) is 14.6. The molecule has 2 aliphatic heterocycles. The van der Waals surface area contributed by atoms with E-state index in [-0.39, 0.29) is 23.4 Å². The van der Waals surface area contributed by atoms with Gasteiger partial charge in [-0.3, -0.25) is 4.79 Å². The van der Waals surface area contributed by atoms with Gasteiger partial charge in [0.25, 0.3) is 5.91 Å². The molecule has 2 unspecified atom stereocenters. The lowest BCUT2D eigenvalue weighted by molar-refractivity contribution is 0.0631. The van der Waals surface area contributed by atoms with Gasteiger partial charge < -0.3 is 9.80 Å². The Balaban J connectivity index is 1.54. The maximum absolute atomic E-state index is 13.3. The molecule has 0 saturated carbocycles. The Bertz CT molecular complexity index is 1020. The van der Waals surface area contributed by atoms with Crippen LogP contribution in [0.4, 0.5) is 0 Å². The maximum Gasteiger partial charge on any atom is 0.254 e. The standard InChI is InChI=1S/C23H29N3O3S/c1-17-8-9-20(23(27)26-13-11-19-10-12-25(2)16-21(19)26)14-22(17)30(28,29)24-15-18-6-4-3-5-7-18/h3-9,14,19,21,24H,10-13,15-16H2,1-2H3. The summed E-state index contributed by atoms with van der Waals surface area (Å²) in [4.78, 5) is 17.7. The molecular formula is C23H29N3O3S. The number of likely N-dealkylation sites (tertiary alicyclic amines) is 2. The number of fused-ring (bicyclic) bond motifs is 1. The van der Waals surface area contributed by atoms with Gasteiger partial charge in [0.1, 0.15) is 0 Å². The van der Waals surface area contributed by atoms with Crippen LogP contribution >= 0.6 is 0 Å². The van der Waals surface area contributed by atoms with Gasteiger partial charge in [0.05, 0.1) is 4.90 Å². The van der Waals surface area contributed by atoms with Crippen molar-refractivity contribution < 1.29 is 13.2 Å². The van der Waals surface area contributed by atoms with Crippen molar-refractivity contribution >= 4 is 15.9 Å². The van der Waals surface area contributed by atoms with E-state index in [9.17, 15) is 13.2 Å². The van der Waals surface area contributed by atoms with E-state index >= 15 is 0 Å². The second-order valence-corrected chi connectivity index (χ2v) is 10.2. The van der Waals surface area contributed by atoms with Crippen LogP contribution < -0.4 is 4.72 Å². The molecule has 2 atom stereocenters. The second kappa shape index (κ2) is 8.49. The molecule has 1 N–H and O–H groups in total. The molecule has 7 heteroatoms. The maximum atomic E-state index is 13.3. The molecule has 2 heterocycles. The number of benzene rings is 2. The minimum atomic E-state index is -3.73. The van der Waals surface area contributed by atoms with Crippen molar-refractivity contribution in [2.24, 2.45) is 5.92 Å². The average molecular weight is 428 g/mol. The molecule has 0 radical (unpaired) electrons. The minimum absolute atomic E-state index is 0.0719. The summed E-state index contributed by atoms with van der Waals surface area (Å²) in [7, 11) is -1.64. The molecule has 2 aromatic carbocycles. The molecule has 2 aliphatic rings. The highest BCUT2D eigenvalue weighted by Crippen LogP contribution is 2.32. The van der Waals surface area contributed by atoms with Gasteiger partial charge in [-0.1, -0.05) is 36.4 Å². The molecule has 0 spiro atoms. The lowest BCUT2D eigenvalue weighted by Crippen LogP contribution is -2.48. The third kappa shape index (κ3) is 4.29. The van der Waals surface area contributed by atoms with Crippen LogP contribution in [0, 0.1) is 12.8 Å². The average Bonchev–Trinajstić information content (AvgIpc) is 3.16. The van der Waals surface area contributed by atoms with Gasteiger partial charge in [-0.15, -0.1) is 0 Å². The van der Waals surface area contributed by atoms with Crippen LogP contribution in [0.1, 0.15) is 34.3 Å². The van der Waals surface area contributed by atoms with Crippen molar-refractivity contribution in [2.75, 3.05) is 26.7 Å². The summed E-state index contributed by atoms with van der Waals surface area (Å²) in [6.45, 7) is 4.66. The van der Waals surface area contributed by atoms with Gasteiger partial charge in [0, 0.05) is 31.2 Å². The van der Waals surface area contributed by atoms with Gasteiger partial charge in [-0.25, -0.2) is 13.1 Å². The fourth-order valence-corrected chi connectivity index (χ4v) is 5.88. The molecule has 2 saturated heterocycles. The highest BCUT2D eigenvalue weighted by molar-refractivity contribution is 7.89. The van der Waals surface area contributed by atoms with Crippen molar-refractivity contribution in [1.82, 2.24) is 14.5 Å². The largest absolute Gasteiger partial charge is 0.334 e. The number of rotatable bonds is 5. The van der Waals surface area contributed by atoms with Crippen molar-refractivity contribution in [3.8, 4) is 0 Å². The minimum Gasteiger partial charge on any atom is -0.334 e. The number of hydrogen-bond donors (Lipinski definition) is 1. The Morgan fingerprint density at radius 2 is 1.83 bits per heavy atom. The Kier molecular flexibility index (Phi) is 5.95. The number of amides is 1. The predicted molar refractivity (Wildman–Crippen MR) is 117 cm³/mol. The van der Waals surface area contributed by atoms with Gasteiger partial charge in [-0.2, -0.15) is 0 Å². The lowest BCUT2D eigenvalue weighted by Gasteiger charge is -2.36. The van der Waals surface area contributed by atoms with Crippen LogP contribution in [0.5, 0.6) is 0 Å². The van der Waals surface area contributed by atoms with Gasteiger partial charge in [0.15, 0.2) is 0 Å². The molecule has 30 heavy (non-hydrogen) atoms. The molecule has 1 amide bonds. The van der Waals surface area contributed by atoms with Crippen molar-refractivity contribution in [3.05, 3.63) is 65.2 Å². The second-order valence-electron chi connectivity index (χ2n) is 8.46. The Labute approximate surface area is 178 Å². The zero-order valence-electron chi connectivity index (χ0n) is 17.5. The van der Waals surface area contributed by atoms with Crippen LogP contribution in [0.2, 0.25) is 0 Å². The summed E-state index contributed by atoms with van der Waals surface area (Å²) < 4.78 is 28.6. The number of carbonyl (C=O) groups is 1. The van der Waals surface area contributed by atoms with E-state index < -0.39 is 10.0 Å². The molecule has 0 bridgehead atoms. The first kappa shape index (κ1) is 21.0. The first-order valence-electron chi connectivity index (χ1n) is 10.5. The van der Waals surface area contributed by atoms with Crippen molar-refractivity contribution in [3.63, 3.8) is 0 Å². The highest BCUT2D eigenvalue weighted by Gasteiger charge is 2.40. The first-order valence-corrected chi connectivity index (χ1v) is 12.0. The molecule has 4 rings (SSSR count). The number of piperidine rings is 1. The Morgan fingerprint density at radius 3 is 2.60 bits per heavy atom. The topological polar surface area (TPSA) is 69.7 Å². The van der Waals surface area contributed by atoms with E-state index in [1.54, 1.807) is 19.1 Å². The Hall–Kier alpha value is -2.22. The summed E-state index contributed by atoms with van der Waals surface area (Å²) >= 11 is 0. The fraction of sp³-hybridized carbons (Fsp3) is 0.435. The number of carbonyl (C=O) groups excluding carboxylic acids is 1. The quantitative estimate of drug-likeness (QED) is 0.797. The highest BCUT2D eigenvalue weighted by atomic mass is 32.2. The van der Waals surface area contributed by atoms with Gasteiger partial charge >= 0.3 is 0 Å². The monoisotopic (exact) mass is 427 g/mol. The molecule has 2 fully saturated rings. The summed E-state index contributed by atoms with van der Waals surface area (Å²) in [6.07, 6.45) is 2.14. The molecule has 0 aromatic heterocycles. The van der Waals surface area contributed by atoms with Crippen LogP contribution in [0.3, 0.4) is 0 Å². The molecule has 2 aromatic rings. The van der Waals surface area contributed by atoms with E-state index in [4.69, 9.17) is 0 Å². The molecular weight excluding hydrogens is 398 g/mol. The Morgan fingerprint density at radius 1 is 1.10 bits per heavy atom. The van der Waals surface area contributed by atoms with Crippen LogP contribution in [0.25, 0.3) is 0 Å². The van der Waals surface area contributed by atoms with Crippen LogP contribution in [-0.4, -0.2) is 56.8 Å². The third-order valence-corrected chi connectivity index (χ3v) is 7.90. The number of nitrogens with zero attached hydrogens (tertiary/aromatic N) is 2. The number of likely N-dealkylation sites (N-methyl/N-ethyl adjacent to an activating group) is 1. The number of nitrogens with one attached hydrogen (secondary N) is 1. The smallest absolute Gasteiger partial charge is 0.254 e. The lowest BCUT2D eigenvalue weighted by atomic mass is 9.92. The van der Waals surface area contributed by atoms with E-state index in [0.29, 0.717) is 17.0 Å². The molecule has 6 nitrogen and oxygen atoms in total. The third-order valence-electron chi connectivity index (χ3n) is 6.36. The van der Waals surface area contributed by atoms with Crippen LogP contribution in [-0.2, 0) is 16.6 Å². The molecule has 0 aliphatic carbocycles. The van der Waals surface area contributed by atoms with E-state index in [1.165, 1.54) is 6.07 Å². The van der Waals surface area contributed by atoms with Gasteiger partial charge in [0.2, 0.25) is 10.0 Å². The first-order chi connectivity index (χ1) is 14.3. The van der Waals surface area contributed by atoms with Gasteiger partial charge in [-0.05, 0) is 62.5 Å². The van der Waals surface area contributed by atoms with E-state index in [0.717, 1.165) is 38.0 Å². The number of aryl methyl sites for hydroxylation is 1. The van der Waals surface area contributed by atoms with Crippen LogP contribution in [0.15, 0.2) is 53.4 Å². The van der Waals surface area contributed by atoms with Crippen molar-refractivity contribution in [1.29, 1.82) is 0 Å². The summed E-state index contributed by atoms with van der Waals surface area (Å²) in [5.41, 5.74) is 1.95. The normalized spacial score (nSPS) is 22.1. The number of sulfonamides is 1.